The average Bonchev–Trinajstić information content (AvgIpc) is 2.42. The molecule has 0 spiro atoms. The van der Waals surface area contributed by atoms with E-state index in [2.05, 4.69) is 20.2 Å². The summed E-state index contributed by atoms with van der Waals surface area (Å²) in [5.74, 6) is 1.20. The summed E-state index contributed by atoms with van der Waals surface area (Å²) < 4.78 is 5.33. The maximum absolute atomic E-state index is 9.44. The summed E-state index contributed by atoms with van der Waals surface area (Å²) >= 11 is 0. The maximum atomic E-state index is 9.44. The SMILES string of the molecule is CCOc1ccnc(NCCN2CCC(O)CC2)n1. The summed E-state index contributed by atoms with van der Waals surface area (Å²) in [4.78, 5) is 10.7. The fourth-order valence-corrected chi connectivity index (χ4v) is 2.12. The third kappa shape index (κ3) is 4.65. The molecule has 1 aromatic rings. The summed E-state index contributed by atoms with van der Waals surface area (Å²) in [6.45, 7) is 6.19. The van der Waals surface area contributed by atoms with Crippen molar-refractivity contribution in [2.24, 2.45) is 0 Å². The number of ether oxygens (including phenoxy) is 1. The van der Waals surface area contributed by atoms with Crippen LogP contribution in [0.25, 0.3) is 0 Å². The zero-order valence-electron chi connectivity index (χ0n) is 11.4. The first kappa shape index (κ1) is 14.0. The van der Waals surface area contributed by atoms with Crippen LogP contribution in [0.5, 0.6) is 5.88 Å². The first-order chi connectivity index (χ1) is 9.28. The number of anilines is 1. The molecule has 19 heavy (non-hydrogen) atoms. The normalized spacial score (nSPS) is 17.4. The lowest BCUT2D eigenvalue weighted by atomic mass is 10.1. The van der Waals surface area contributed by atoms with Crippen molar-refractivity contribution in [2.75, 3.05) is 38.1 Å². The van der Waals surface area contributed by atoms with E-state index in [-0.39, 0.29) is 6.10 Å². The lowest BCUT2D eigenvalue weighted by molar-refractivity contribution is 0.0845. The molecule has 1 aromatic heterocycles. The number of aromatic nitrogens is 2. The van der Waals surface area contributed by atoms with Crippen LogP contribution in [0.4, 0.5) is 5.95 Å². The zero-order valence-corrected chi connectivity index (χ0v) is 11.4. The van der Waals surface area contributed by atoms with Crippen molar-refractivity contribution in [3.63, 3.8) is 0 Å². The fraction of sp³-hybridized carbons (Fsp3) is 0.692. The van der Waals surface area contributed by atoms with Crippen molar-refractivity contribution in [1.29, 1.82) is 0 Å². The molecule has 0 aliphatic carbocycles. The maximum Gasteiger partial charge on any atom is 0.225 e. The zero-order chi connectivity index (χ0) is 13.5. The van der Waals surface area contributed by atoms with Gasteiger partial charge in [-0.3, -0.25) is 0 Å². The quantitative estimate of drug-likeness (QED) is 0.791. The van der Waals surface area contributed by atoms with Crippen molar-refractivity contribution in [3.8, 4) is 5.88 Å². The predicted molar refractivity (Wildman–Crippen MR) is 73.4 cm³/mol. The highest BCUT2D eigenvalue weighted by molar-refractivity contribution is 5.27. The van der Waals surface area contributed by atoms with Gasteiger partial charge in [0.05, 0.1) is 12.7 Å². The lowest BCUT2D eigenvalue weighted by Gasteiger charge is -2.29. The smallest absolute Gasteiger partial charge is 0.225 e. The van der Waals surface area contributed by atoms with Crippen LogP contribution in [0.1, 0.15) is 19.8 Å². The van der Waals surface area contributed by atoms with Gasteiger partial charge in [0.15, 0.2) is 0 Å². The number of aliphatic hydroxyl groups is 1. The molecule has 1 fully saturated rings. The molecule has 2 heterocycles. The van der Waals surface area contributed by atoms with Gasteiger partial charge in [-0.05, 0) is 19.8 Å². The first-order valence-corrected chi connectivity index (χ1v) is 6.88. The Kier molecular flexibility index (Phi) is 5.35. The van der Waals surface area contributed by atoms with Gasteiger partial charge in [-0.2, -0.15) is 4.98 Å². The molecule has 2 N–H and O–H groups in total. The number of nitrogens with one attached hydrogen (secondary N) is 1. The van der Waals surface area contributed by atoms with E-state index in [0.29, 0.717) is 18.4 Å². The lowest BCUT2D eigenvalue weighted by Crippen LogP contribution is -2.38. The highest BCUT2D eigenvalue weighted by Crippen LogP contribution is 2.10. The Morgan fingerprint density at radius 1 is 1.47 bits per heavy atom. The highest BCUT2D eigenvalue weighted by atomic mass is 16.5. The molecule has 106 valence electrons. The summed E-state index contributed by atoms with van der Waals surface area (Å²) in [6, 6.07) is 1.75. The van der Waals surface area contributed by atoms with Gasteiger partial charge in [0.1, 0.15) is 0 Å². The molecular formula is C13H22N4O2. The number of aliphatic hydroxyl groups excluding tert-OH is 1. The van der Waals surface area contributed by atoms with E-state index in [1.807, 2.05) is 6.92 Å². The molecule has 0 saturated carbocycles. The van der Waals surface area contributed by atoms with E-state index in [1.54, 1.807) is 12.3 Å². The van der Waals surface area contributed by atoms with Crippen LogP contribution in [-0.4, -0.2) is 58.9 Å². The Morgan fingerprint density at radius 2 is 2.26 bits per heavy atom. The molecular weight excluding hydrogens is 244 g/mol. The van der Waals surface area contributed by atoms with Crippen molar-refractivity contribution >= 4 is 5.95 Å². The fourth-order valence-electron chi connectivity index (χ4n) is 2.12. The van der Waals surface area contributed by atoms with E-state index in [0.717, 1.165) is 39.0 Å². The summed E-state index contributed by atoms with van der Waals surface area (Å²) in [6.07, 6.45) is 3.32. The Hall–Kier alpha value is -1.40. The highest BCUT2D eigenvalue weighted by Gasteiger charge is 2.16. The molecule has 1 aliphatic heterocycles. The second-order valence-corrected chi connectivity index (χ2v) is 4.65. The molecule has 0 radical (unpaired) electrons. The number of hydrogen-bond acceptors (Lipinski definition) is 6. The number of rotatable bonds is 6. The molecule has 6 heteroatoms. The van der Waals surface area contributed by atoms with Gasteiger partial charge in [-0.15, -0.1) is 0 Å². The molecule has 0 aromatic carbocycles. The Labute approximate surface area is 113 Å². The van der Waals surface area contributed by atoms with Crippen LogP contribution in [-0.2, 0) is 0 Å². The summed E-state index contributed by atoms with van der Waals surface area (Å²) in [7, 11) is 0. The second-order valence-electron chi connectivity index (χ2n) is 4.65. The van der Waals surface area contributed by atoms with Crippen LogP contribution >= 0.6 is 0 Å². The minimum absolute atomic E-state index is 0.115. The standard InChI is InChI=1S/C13H22N4O2/c1-2-19-12-3-6-14-13(16-12)15-7-10-17-8-4-11(18)5-9-17/h3,6,11,18H,2,4-5,7-10H2,1H3,(H,14,15,16). The minimum atomic E-state index is -0.115. The van der Waals surface area contributed by atoms with Gasteiger partial charge in [0, 0.05) is 38.4 Å². The van der Waals surface area contributed by atoms with Gasteiger partial charge in [0.2, 0.25) is 11.8 Å². The molecule has 1 aliphatic rings. The third-order valence-corrected chi connectivity index (χ3v) is 3.19. The van der Waals surface area contributed by atoms with E-state index < -0.39 is 0 Å². The number of likely N-dealkylation sites (tertiary alicyclic amines) is 1. The minimum Gasteiger partial charge on any atom is -0.478 e. The van der Waals surface area contributed by atoms with Crippen LogP contribution in [0.3, 0.4) is 0 Å². The van der Waals surface area contributed by atoms with Crippen LogP contribution < -0.4 is 10.1 Å². The average molecular weight is 266 g/mol. The van der Waals surface area contributed by atoms with Gasteiger partial charge in [-0.25, -0.2) is 4.98 Å². The van der Waals surface area contributed by atoms with Crippen LogP contribution in [0.2, 0.25) is 0 Å². The monoisotopic (exact) mass is 266 g/mol. The van der Waals surface area contributed by atoms with Crippen molar-refractivity contribution < 1.29 is 9.84 Å². The van der Waals surface area contributed by atoms with Gasteiger partial charge >= 0.3 is 0 Å². The molecule has 0 atom stereocenters. The molecule has 6 nitrogen and oxygen atoms in total. The van der Waals surface area contributed by atoms with Gasteiger partial charge < -0.3 is 20.1 Å². The van der Waals surface area contributed by atoms with Crippen LogP contribution in [0.15, 0.2) is 12.3 Å². The molecule has 0 amide bonds. The van der Waals surface area contributed by atoms with E-state index in [1.165, 1.54) is 0 Å². The Bertz CT molecular complexity index is 381. The van der Waals surface area contributed by atoms with Crippen LogP contribution in [0, 0.1) is 0 Å². The Balaban J connectivity index is 1.71. The predicted octanol–water partition coefficient (Wildman–Crippen LogP) is 0.744. The Morgan fingerprint density at radius 3 is 3.00 bits per heavy atom. The largest absolute Gasteiger partial charge is 0.478 e. The molecule has 1 saturated heterocycles. The van der Waals surface area contributed by atoms with Crippen molar-refractivity contribution in [1.82, 2.24) is 14.9 Å². The summed E-state index contributed by atoms with van der Waals surface area (Å²) in [5.41, 5.74) is 0. The van der Waals surface area contributed by atoms with Crippen molar-refractivity contribution in [3.05, 3.63) is 12.3 Å². The molecule has 0 bridgehead atoms. The van der Waals surface area contributed by atoms with E-state index in [9.17, 15) is 5.11 Å². The van der Waals surface area contributed by atoms with Crippen molar-refractivity contribution in [2.45, 2.75) is 25.9 Å². The first-order valence-electron chi connectivity index (χ1n) is 6.88. The number of nitrogens with zero attached hydrogens (tertiary/aromatic N) is 3. The van der Waals surface area contributed by atoms with Gasteiger partial charge in [-0.1, -0.05) is 0 Å². The van der Waals surface area contributed by atoms with E-state index >= 15 is 0 Å². The molecule has 0 unspecified atom stereocenters. The number of hydrogen-bond donors (Lipinski definition) is 2. The topological polar surface area (TPSA) is 70.5 Å². The second kappa shape index (κ2) is 7.25. The molecule has 2 rings (SSSR count). The van der Waals surface area contributed by atoms with E-state index in [4.69, 9.17) is 4.74 Å². The third-order valence-electron chi connectivity index (χ3n) is 3.19. The number of piperidine rings is 1. The van der Waals surface area contributed by atoms with Gasteiger partial charge in [0.25, 0.3) is 0 Å². The summed E-state index contributed by atoms with van der Waals surface area (Å²) in [5, 5.41) is 12.6.